The summed E-state index contributed by atoms with van der Waals surface area (Å²) in [5.74, 6) is 3.23. The minimum atomic E-state index is 0.000397. The van der Waals surface area contributed by atoms with Gasteiger partial charge in [-0.15, -0.1) is 0 Å². The van der Waals surface area contributed by atoms with E-state index < -0.39 is 0 Å². The number of carbonyl (C=O) groups excluding carboxylic acids is 1. The van der Waals surface area contributed by atoms with Crippen LogP contribution in [0, 0.1) is 23.7 Å². The van der Waals surface area contributed by atoms with Gasteiger partial charge < -0.3 is 4.74 Å². The highest BCUT2D eigenvalue weighted by atomic mass is 16.5. The molecule has 3 unspecified atom stereocenters. The molecular formula is C38H70O2. The number of allylic oxidation sites excluding steroid dienone is 6. The molecule has 2 nitrogen and oxygen atoms in total. The van der Waals surface area contributed by atoms with Crippen LogP contribution in [0.15, 0.2) is 36.5 Å². The smallest absolute Gasteiger partial charge is 0.305 e. The van der Waals surface area contributed by atoms with Crippen LogP contribution in [0.4, 0.5) is 0 Å². The Morgan fingerprint density at radius 3 is 1.60 bits per heavy atom. The lowest BCUT2D eigenvalue weighted by Gasteiger charge is -2.16. The Balaban J connectivity index is 3.54. The Bertz CT molecular complexity index is 629. The standard InChI is InChI=1S/C38H70O2/c1-7-8-9-10-11-12-13-14-15-16-17-18-19-20-21-31-38(39)40-33-32-37(6)30-24-29-36(5)28-23-27-35(4)26-22-25-34(2)3/h8-9,11-12,14-15,34-37H,7,10,13,16-33H2,1-6H3/b9-8+,12-11+,15-14+. The van der Waals surface area contributed by atoms with Gasteiger partial charge in [-0.1, -0.05) is 155 Å². The predicted octanol–water partition coefficient (Wildman–Crippen LogP) is 12.6. The highest BCUT2D eigenvalue weighted by Gasteiger charge is 2.09. The van der Waals surface area contributed by atoms with E-state index in [0.29, 0.717) is 18.9 Å². The normalized spacial score (nSPS) is 14.6. The van der Waals surface area contributed by atoms with Crippen molar-refractivity contribution >= 4 is 5.97 Å². The van der Waals surface area contributed by atoms with E-state index in [4.69, 9.17) is 4.74 Å². The van der Waals surface area contributed by atoms with Crippen LogP contribution in [-0.2, 0) is 9.53 Å². The number of carbonyl (C=O) groups is 1. The van der Waals surface area contributed by atoms with E-state index in [0.717, 1.165) is 56.3 Å². The molecule has 0 saturated heterocycles. The van der Waals surface area contributed by atoms with Gasteiger partial charge in [-0.25, -0.2) is 0 Å². The van der Waals surface area contributed by atoms with Gasteiger partial charge in [-0.3, -0.25) is 4.79 Å². The molecule has 0 heterocycles. The van der Waals surface area contributed by atoms with Gasteiger partial charge in [0.15, 0.2) is 0 Å². The van der Waals surface area contributed by atoms with Crippen LogP contribution in [-0.4, -0.2) is 12.6 Å². The topological polar surface area (TPSA) is 26.3 Å². The van der Waals surface area contributed by atoms with Gasteiger partial charge in [-0.05, 0) is 68.6 Å². The first-order valence-corrected chi connectivity index (χ1v) is 17.5. The van der Waals surface area contributed by atoms with E-state index in [1.54, 1.807) is 0 Å². The monoisotopic (exact) mass is 559 g/mol. The van der Waals surface area contributed by atoms with Gasteiger partial charge in [0.2, 0.25) is 0 Å². The van der Waals surface area contributed by atoms with Crippen LogP contribution in [0.3, 0.4) is 0 Å². The fourth-order valence-corrected chi connectivity index (χ4v) is 5.27. The fourth-order valence-electron chi connectivity index (χ4n) is 5.27. The van der Waals surface area contributed by atoms with Gasteiger partial charge in [0, 0.05) is 6.42 Å². The Hall–Kier alpha value is -1.31. The molecule has 0 aliphatic rings. The first kappa shape index (κ1) is 38.7. The number of hydrogen-bond donors (Lipinski definition) is 0. The third-order valence-electron chi connectivity index (χ3n) is 8.17. The zero-order valence-electron chi connectivity index (χ0n) is 27.9. The first-order chi connectivity index (χ1) is 19.3. The van der Waals surface area contributed by atoms with Crippen LogP contribution in [0.5, 0.6) is 0 Å². The second-order valence-electron chi connectivity index (χ2n) is 13.1. The molecule has 0 fully saturated rings. The van der Waals surface area contributed by atoms with Crippen molar-refractivity contribution in [3.05, 3.63) is 36.5 Å². The van der Waals surface area contributed by atoms with Crippen LogP contribution >= 0.6 is 0 Å². The van der Waals surface area contributed by atoms with Crippen molar-refractivity contribution in [3.63, 3.8) is 0 Å². The Morgan fingerprint density at radius 2 is 1.02 bits per heavy atom. The molecule has 0 N–H and O–H groups in total. The minimum absolute atomic E-state index is 0.000397. The van der Waals surface area contributed by atoms with Crippen LogP contribution in [0.25, 0.3) is 0 Å². The summed E-state index contributed by atoms with van der Waals surface area (Å²) in [6, 6.07) is 0. The van der Waals surface area contributed by atoms with Crippen molar-refractivity contribution in [2.75, 3.05) is 6.61 Å². The van der Waals surface area contributed by atoms with Crippen molar-refractivity contribution in [2.24, 2.45) is 23.7 Å². The lowest BCUT2D eigenvalue weighted by Crippen LogP contribution is -2.09. The highest BCUT2D eigenvalue weighted by molar-refractivity contribution is 5.69. The molecule has 3 atom stereocenters. The van der Waals surface area contributed by atoms with Crippen molar-refractivity contribution < 1.29 is 9.53 Å². The maximum absolute atomic E-state index is 12.1. The second kappa shape index (κ2) is 29.2. The SMILES string of the molecule is CC/C=C/C/C=C/C/C=C/CCCCCCCC(=O)OCCC(C)CCCC(C)CCCC(C)CCCC(C)C. The molecule has 0 aromatic heterocycles. The molecule has 2 heteroatoms. The van der Waals surface area contributed by atoms with Crippen LogP contribution in [0.1, 0.15) is 170 Å². The summed E-state index contributed by atoms with van der Waals surface area (Å²) < 4.78 is 5.52. The molecular weight excluding hydrogens is 488 g/mol. The molecule has 234 valence electrons. The zero-order chi connectivity index (χ0) is 29.7. The number of unbranched alkanes of at least 4 members (excludes halogenated alkanes) is 5. The van der Waals surface area contributed by atoms with Gasteiger partial charge >= 0.3 is 5.97 Å². The van der Waals surface area contributed by atoms with Crippen molar-refractivity contribution in [1.29, 1.82) is 0 Å². The molecule has 0 aliphatic heterocycles. The van der Waals surface area contributed by atoms with Gasteiger partial charge in [-0.2, -0.15) is 0 Å². The lowest BCUT2D eigenvalue weighted by atomic mass is 9.91. The van der Waals surface area contributed by atoms with Crippen molar-refractivity contribution in [3.8, 4) is 0 Å². The van der Waals surface area contributed by atoms with Gasteiger partial charge in [0.1, 0.15) is 0 Å². The van der Waals surface area contributed by atoms with E-state index >= 15 is 0 Å². The first-order valence-electron chi connectivity index (χ1n) is 17.5. The minimum Gasteiger partial charge on any atom is -0.466 e. The summed E-state index contributed by atoms with van der Waals surface area (Å²) in [6.45, 7) is 14.6. The Morgan fingerprint density at radius 1 is 0.550 bits per heavy atom. The molecule has 0 amide bonds. The van der Waals surface area contributed by atoms with Crippen molar-refractivity contribution in [2.45, 2.75) is 170 Å². The van der Waals surface area contributed by atoms with E-state index in [1.165, 1.54) is 83.5 Å². The number of hydrogen-bond acceptors (Lipinski definition) is 2. The van der Waals surface area contributed by atoms with Crippen LogP contribution < -0.4 is 0 Å². The predicted molar refractivity (Wildman–Crippen MR) is 179 cm³/mol. The molecule has 0 aliphatic carbocycles. The molecule has 0 aromatic carbocycles. The lowest BCUT2D eigenvalue weighted by molar-refractivity contribution is -0.144. The number of rotatable bonds is 28. The average molecular weight is 559 g/mol. The third-order valence-corrected chi connectivity index (χ3v) is 8.17. The van der Waals surface area contributed by atoms with E-state index in [-0.39, 0.29) is 5.97 Å². The number of esters is 1. The maximum atomic E-state index is 12.1. The van der Waals surface area contributed by atoms with Crippen LogP contribution in [0.2, 0.25) is 0 Å². The summed E-state index contributed by atoms with van der Waals surface area (Å²) in [5.41, 5.74) is 0. The van der Waals surface area contributed by atoms with E-state index in [1.807, 2.05) is 0 Å². The Labute approximate surface area is 251 Å². The maximum Gasteiger partial charge on any atom is 0.305 e. The molecule has 0 aromatic rings. The largest absolute Gasteiger partial charge is 0.466 e. The molecule has 0 rings (SSSR count). The summed E-state index contributed by atoms with van der Waals surface area (Å²) >= 11 is 0. The van der Waals surface area contributed by atoms with Gasteiger partial charge in [0.05, 0.1) is 6.61 Å². The summed E-state index contributed by atoms with van der Waals surface area (Å²) in [7, 11) is 0. The van der Waals surface area contributed by atoms with E-state index in [9.17, 15) is 4.79 Å². The van der Waals surface area contributed by atoms with E-state index in [2.05, 4.69) is 78.0 Å². The summed E-state index contributed by atoms with van der Waals surface area (Å²) in [6.07, 6.45) is 37.6. The number of ether oxygens (including phenoxy) is 1. The quantitative estimate of drug-likeness (QED) is 0.0542. The molecule has 0 saturated carbocycles. The third kappa shape index (κ3) is 29.7. The fraction of sp³-hybridized carbons (Fsp3) is 0.816. The average Bonchev–Trinajstić information content (AvgIpc) is 2.90. The molecule has 0 bridgehead atoms. The molecule has 0 spiro atoms. The molecule has 40 heavy (non-hydrogen) atoms. The highest BCUT2D eigenvalue weighted by Crippen LogP contribution is 2.22. The van der Waals surface area contributed by atoms with Crippen molar-refractivity contribution in [1.82, 2.24) is 0 Å². The zero-order valence-corrected chi connectivity index (χ0v) is 27.9. The Kier molecular flexibility index (Phi) is 28.2. The molecule has 0 radical (unpaired) electrons. The van der Waals surface area contributed by atoms with Gasteiger partial charge in [0.25, 0.3) is 0 Å². The second-order valence-corrected chi connectivity index (χ2v) is 13.1. The summed E-state index contributed by atoms with van der Waals surface area (Å²) in [5, 5.41) is 0. The summed E-state index contributed by atoms with van der Waals surface area (Å²) in [4.78, 5) is 12.1.